The van der Waals surface area contributed by atoms with Crippen molar-refractivity contribution in [1.82, 2.24) is 15.5 Å². The molecule has 202 valence electrons. The van der Waals surface area contributed by atoms with Crippen LogP contribution in [0, 0.1) is 17.8 Å². The fraction of sp³-hybridized carbons (Fsp3) is 0.600. The summed E-state index contributed by atoms with van der Waals surface area (Å²) in [5.74, 6) is -3.53. The highest BCUT2D eigenvalue weighted by molar-refractivity contribution is 5.95. The molecule has 2 aliphatic heterocycles. The minimum absolute atomic E-state index is 0.0333. The summed E-state index contributed by atoms with van der Waals surface area (Å²) in [6.07, 6.45) is -4.02. The molecule has 3 N–H and O–H groups in total. The summed E-state index contributed by atoms with van der Waals surface area (Å²) < 4.78 is 41.4. The summed E-state index contributed by atoms with van der Waals surface area (Å²) in [6.45, 7) is -0.690. The lowest BCUT2D eigenvalue weighted by molar-refractivity contribution is -0.321. The minimum atomic E-state index is -5.03. The maximum atomic E-state index is 13.5. The van der Waals surface area contributed by atoms with Crippen LogP contribution in [0.25, 0.3) is 0 Å². The molecule has 3 amide bonds. The van der Waals surface area contributed by atoms with Crippen LogP contribution in [-0.4, -0.2) is 71.7 Å². The van der Waals surface area contributed by atoms with Crippen LogP contribution in [0.5, 0.6) is 0 Å². The van der Waals surface area contributed by atoms with Crippen molar-refractivity contribution in [3.63, 3.8) is 0 Å². The molecule has 2 saturated heterocycles. The molecule has 1 saturated carbocycles. The Hall–Kier alpha value is -2.99. The van der Waals surface area contributed by atoms with Crippen LogP contribution < -0.4 is 10.6 Å². The number of carbonyl (C=O) groups is 4. The summed E-state index contributed by atoms with van der Waals surface area (Å²) >= 11 is 0. The van der Waals surface area contributed by atoms with E-state index in [1.54, 1.807) is 30.3 Å². The van der Waals surface area contributed by atoms with Crippen LogP contribution in [0.3, 0.4) is 0 Å². The van der Waals surface area contributed by atoms with Gasteiger partial charge in [-0.2, -0.15) is 0 Å². The second-order valence-corrected chi connectivity index (χ2v) is 9.88. The molecule has 9 nitrogen and oxygen atoms in total. The van der Waals surface area contributed by atoms with Crippen molar-refractivity contribution in [3.8, 4) is 0 Å². The van der Waals surface area contributed by atoms with E-state index in [-0.39, 0.29) is 30.7 Å². The minimum Gasteiger partial charge on any atom is -0.378 e. The number of hydrogen-bond acceptors (Lipinski definition) is 6. The highest BCUT2D eigenvalue weighted by Gasteiger charge is 2.51. The van der Waals surface area contributed by atoms with Gasteiger partial charge in [0.15, 0.2) is 11.9 Å². The topological polar surface area (TPSA) is 125 Å². The number of carbonyl (C=O) groups excluding carboxylic acids is 4. The maximum absolute atomic E-state index is 13.5. The van der Waals surface area contributed by atoms with Gasteiger partial charge in [0.25, 0.3) is 5.91 Å². The van der Waals surface area contributed by atoms with Gasteiger partial charge in [-0.15, -0.1) is 13.2 Å². The number of alkyl halides is 3. The molecule has 6 atom stereocenters. The summed E-state index contributed by atoms with van der Waals surface area (Å²) in [5.41, 5.74) is 0.369. The van der Waals surface area contributed by atoms with Crippen molar-refractivity contribution >= 4 is 23.5 Å². The Labute approximate surface area is 211 Å². The molecule has 1 aromatic carbocycles. The molecular weight excluding hydrogens is 495 g/mol. The van der Waals surface area contributed by atoms with Crippen molar-refractivity contribution in [2.45, 2.75) is 56.7 Å². The van der Waals surface area contributed by atoms with Crippen LogP contribution in [0.1, 0.15) is 43.8 Å². The molecule has 0 spiro atoms. The van der Waals surface area contributed by atoms with E-state index in [2.05, 4.69) is 15.4 Å². The van der Waals surface area contributed by atoms with Gasteiger partial charge in [-0.25, -0.2) is 0 Å². The molecule has 3 fully saturated rings. The summed E-state index contributed by atoms with van der Waals surface area (Å²) in [7, 11) is 0. The Kier molecular flexibility index (Phi) is 8.17. The quantitative estimate of drug-likeness (QED) is 0.449. The predicted molar refractivity (Wildman–Crippen MR) is 122 cm³/mol. The van der Waals surface area contributed by atoms with Gasteiger partial charge in [0, 0.05) is 19.0 Å². The number of hydrogen-bond donors (Lipinski definition) is 3. The molecule has 3 aliphatic rings. The SMILES string of the molecule is O=C1NCCC1CC(NC(=O)C1C2CCCC2CN1C(=O)[C@H](O)c1ccccc1)C(=O)COC(F)(F)F. The summed E-state index contributed by atoms with van der Waals surface area (Å²) in [5, 5.41) is 15.8. The first-order chi connectivity index (χ1) is 17.5. The van der Waals surface area contributed by atoms with Gasteiger partial charge in [-0.05, 0) is 43.1 Å². The number of rotatable bonds is 9. The van der Waals surface area contributed by atoms with Crippen molar-refractivity contribution in [2.75, 3.05) is 19.7 Å². The van der Waals surface area contributed by atoms with Crippen LogP contribution in [0.4, 0.5) is 13.2 Å². The third-order valence-corrected chi connectivity index (χ3v) is 7.56. The molecule has 12 heteroatoms. The highest BCUT2D eigenvalue weighted by atomic mass is 19.4. The van der Waals surface area contributed by atoms with E-state index >= 15 is 0 Å². The van der Waals surface area contributed by atoms with E-state index in [9.17, 15) is 37.5 Å². The van der Waals surface area contributed by atoms with Crippen molar-refractivity contribution < 1.29 is 42.2 Å². The third kappa shape index (κ3) is 6.30. The predicted octanol–water partition coefficient (Wildman–Crippen LogP) is 1.46. The fourth-order valence-electron chi connectivity index (χ4n) is 5.74. The Balaban J connectivity index is 1.53. The summed E-state index contributed by atoms with van der Waals surface area (Å²) in [4.78, 5) is 52.9. The van der Waals surface area contributed by atoms with Gasteiger partial charge in [0.1, 0.15) is 12.6 Å². The van der Waals surface area contributed by atoms with E-state index in [0.717, 1.165) is 12.8 Å². The number of aliphatic hydroxyl groups excluding tert-OH is 1. The highest BCUT2D eigenvalue weighted by Crippen LogP contribution is 2.43. The number of fused-ring (bicyclic) bond motifs is 1. The van der Waals surface area contributed by atoms with Gasteiger partial charge in [-0.3, -0.25) is 23.9 Å². The van der Waals surface area contributed by atoms with Crippen molar-refractivity contribution in [2.24, 2.45) is 17.8 Å². The molecule has 37 heavy (non-hydrogen) atoms. The van der Waals surface area contributed by atoms with Gasteiger partial charge in [0.2, 0.25) is 11.8 Å². The number of ether oxygens (including phenoxy) is 1. The van der Waals surface area contributed by atoms with Gasteiger partial charge in [-0.1, -0.05) is 36.8 Å². The number of ketones is 1. The van der Waals surface area contributed by atoms with Crippen LogP contribution >= 0.6 is 0 Å². The zero-order valence-corrected chi connectivity index (χ0v) is 20.1. The molecule has 1 aromatic rings. The molecule has 0 bridgehead atoms. The van der Waals surface area contributed by atoms with Gasteiger partial charge < -0.3 is 20.6 Å². The van der Waals surface area contributed by atoms with E-state index in [0.29, 0.717) is 24.9 Å². The lowest BCUT2D eigenvalue weighted by Crippen LogP contribution is -2.54. The molecule has 1 aliphatic carbocycles. The van der Waals surface area contributed by atoms with Crippen LogP contribution in [0.2, 0.25) is 0 Å². The van der Waals surface area contributed by atoms with Crippen LogP contribution in [0.15, 0.2) is 30.3 Å². The monoisotopic (exact) mass is 525 g/mol. The number of nitrogens with zero attached hydrogens (tertiary/aromatic N) is 1. The molecular formula is C25H30F3N3O6. The average molecular weight is 526 g/mol. The average Bonchev–Trinajstić information content (AvgIpc) is 3.57. The first kappa shape index (κ1) is 27.1. The van der Waals surface area contributed by atoms with E-state index in [4.69, 9.17) is 0 Å². The number of Topliss-reactive ketones (excluding diaryl/α,β-unsaturated/α-hetero) is 1. The second kappa shape index (κ2) is 11.2. The lowest BCUT2D eigenvalue weighted by Gasteiger charge is -2.30. The van der Waals surface area contributed by atoms with Crippen molar-refractivity contribution in [3.05, 3.63) is 35.9 Å². The number of halogens is 3. The Morgan fingerprint density at radius 3 is 2.54 bits per heavy atom. The fourth-order valence-corrected chi connectivity index (χ4v) is 5.74. The Bertz CT molecular complexity index is 1020. The second-order valence-electron chi connectivity index (χ2n) is 9.88. The maximum Gasteiger partial charge on any atom is 0.522 e. The first-order valence-electron chi connectivity index (χ1n) is 12.4. The Morgan fingerprint density at radius 1 is 1.16 bits per heavy atom. The third-order valence-electron chi connectivity index (χ3n) is 7.56. The zero-order valence-electron chi connectivity index (χ0n) is 20.1. The molecule has 0 radical (unpaired) electrons. The largest absolute Gasteiger partial charge is 0.522 e. The normalized spacial score (nSPS) is 26.9. The number of amides is 3. The molecule has 5 unspecified atom stereocenters. The standard InChI is InChI=1S/C25H30F3N3O6/c26-25(27,28)37-13-19(32)18(11-15-9-10-29-22(15)34)30-23(35)20-17-8-4-7-16(17)12-31(20)24(36)21(33)14-5-2-1-3-6-14/h1-3,5-6,15-18,20-21,33H,4,7-13H2,(H,29,34)(H,30,35)/t15?,16?,17?,18?,20?,21-/m1/s1. The first-order valence-corrected chi connectivity index (χ1v) is 12.4. The number of benzene rings is 1. The smallest absolute Gasteiger partial charge is 0.378 e. The molecule has 2 heterocycles. The van der Waals surface area contributed by atoms with Crippen LogP contribution in [-0.2, 0) is 23.9 Å². The molecule has 0 aromatic heterocycles. The number of aliphatic hydroxyl groups is 1. The van der Waals surface area contributed by atoms with Gasteiger partial charge >= 0.3 is 6.36 Å². The number of nitrogens with one attached hydrogen (secondary N) is 2. The van der Waals surface area contributed by atoms with E-state index in [1.165, 1.54) is 4.90 Å². The lowest BCUT2D eigenvalue weighted by atomic mass is 9.92. The Morgan fingerprint density at radius 2 is 1.89 bits per heavy atom. The summed E-state index contributed by atoms with van der Waals surface area (Å²) in [6, 6.07) is 5.88. The molecule has 4 rings (SSSR count). The van der Waals surface area contributed by atoms with E-state index in [1.807, 2.05) is 0 Å². The zero-order chi connectivity index (χ0) is 26.7. The van der Waals surface area contributed by atoms with Crippen molar-refractivity contribution in [1.29, 1.82) is 0 Å². The van der Waals surface area contributed by atoms with E-state index < -0.39 is 54.7 Å². The number of likely N-dealkylation sites (tertiary alicyclic amines) is 1. The van der Waals surface area contributed by atoms with Gasteiger partial charge in [0.05, 0.1) is 6.04 Å².